The summed E-state index contributed by atoms with van der Waals surface area (Å²) in [5, 5.41) is 0. The molecule has 0 spiro atoms. The van der Waals surface area contributed by atoms with Crippen LogP contribution in [-0.2, 0) is 0 Å². The first-order valence-electron chi connectivity index (χ1n) is 7.15. The van der Waals surface area contributed by atoms with Crippen LogP contribution in [0.1, 0.15) is 31.4 Å². The van der Waals surface area contributed by atoms with E-state index in [0.29, 0.717) is 0 Å². The van der Waals surface area contributed by atoms with Gasteiger partial charge >= 0.3 is 0 Å². The van der Waals surface area contributed by atoms with Gasteiger partial charge in [-0.1, -0.05) is 72.8 Å². The molecule has 2 aromatic carbocycles. The molecule has 0 saturated carbocycles. The van der Waals surface area contributed by atoms with Gasteiger partial charge in [0, 0.05) is 11.8 Å². The van der Waals surface area contributed by atoms with Crippen molar-refractivity contribution in [3.63, 3.8) is 0 Å². The number of hydrogen-bond acceptors (Lipinski definition) is 1. The van der Waals surface area contributed by atoms with E-state index in [-0.39, 0.29) is 0 Å². The Balaban J connectivity index is 2.37. The zero-order chi connectivity index (χ0) is 15.1. The number of rotatable bonds is 5. The van der Waals surface area contributed by atoms with E-state index >= 15 is 0 Å². The molecule has 1 heteroatoms. The first-order valence-corrected chi connectivity index (χ1v) is 7.15. The van der Waals surface area contributed by atoms with Crippen LogP contribution >= 0.6 is 0 Å². The normalized spacial score (nSPS) is 12.3. The highest BCUT2D eigenvalue weighted by molar-refractivity contribution is 5.85. The highest BCUT2D eigenvalue weighted by Gasteiger charge is 2.04. The first-order chi connectivity index (χ1) is 10.2. The van der Waals surface area contributed by atoms with Gasteiger partial charge in [-0.15, -0.1) is 0 Å². The molecule has 0 aromatic heterocycles. The molecule has 0 aliphatic heterocycles. The van der Waals surface area contributed by atoms with Crippen molar-refractivity contribution < 1.29 is 0 Å². The van der Waals surface area contributed by atoms with Gasteiger partial charge in [0.2, 0.25) is 0 Å². The Morgan fingerprint density at radius 2 is 1.52 bits per heavy atom. The molecule has 1 nitrogen and oxygen atoms in total. The molecular weight excluding hydrogens is 254 g/mol. The maximum atomic E-state index is 4.73. The topological polar surface area (TPSA) is 12.4 Å². The standard InChI is InChI=1S/C20H21N/c1-16(2)14-17(3)20(19-12-8-5-9-13-19)21-15-18-10-6-4-7-11-18/h4-13,15H,1,14H2,2-3H3/b20-17+,21-15?. The van der Waals surface area contributed by atoms with Gasteiger partial charge in [-0.3, -0.25) is 4.99 Å². The van der Waals surface area contributed by atoms with Crippen LogP contribution in [0.5, 0.6) is 0 Å². The van der Waals surface area contributed by atoms with Crippen molar-refractivity contribution in [3.8, 4) is 0 Å². The van der Waals surface area contributed by atoms with E-state index in [1.807, 2.05) is 49.5 Å². The average molecular weight is 275 g/mol. The summed E-state index contributed by atoms with van der Waals surface area (Å²) in [7, 11) is 0. The van der Waals surface area contributed by atoms with Crippen LogP contribution in [0.25, 0.3) is 5.70 Å². The van der Waals surface area contributed by atoms with E-state index in [9.17, 15) is 0 Å². The summed E-state index contributed by atoms with van der Waals surface area (Å²) in [6, 6.07) is 20.5. The summed E-state index contributed by atoms with van der Waals surface area (Å²) in [6.45, 7) is 8.18. The lowest BCUT2D eigenvalue weighted by Gasteiger charge is -2.08. The molecule has 2 rings (SSSR count). The number of aliphatic imine (C=N–C) groups is 1. The van der Waals surface area contributed by atoms with Gasteiger partial charge in [0.25, 0.3) is 0 Å². The van der Waals surface area contributed by atoms with Crippen molar-refractivity contribution in [2.75, 3.05) is 0 Å². The van der Waals surface area contributed by atoms with Crippen LogP contribution in [0.4, 0.5) is 0 Å². The number of benzene rings is 2. The van der Waals surface area contributed by atoms with Crippen molar-refractivity contribution in [1.82, 2.24) is 0 Å². The number of allylic oxidation sites excluding steroid dienone is 2. The van der Waals surface area contributed by atoms with Crippen molar-refractivity contribution in [3.05, 3.63) is 89.5 Å². The molecule has 106 valence electrons. The highest BCUT2D eigenvalue weighted by Crippen LogP contribution is 2.24. The van der Waals surface area contributed by atoms with E-state index in [4.69, 9.17) is 4.99 Å². The van der Waals surface area contributed by atoms with Gasteiger partial charge in [-0.25, -0.2) is 0 Å². The molecule has 0 aliphatic rings. The quantitative estimate of drug-likeness (QED) is 0.504. The van der Waals surface area contributed by atoms with Crippen LogP contribution in [0.2, 0.25) is 0 Å². The van der Waals surface area contributed by atoms with E-state index in [1.54, 1.807) is 0 Å². The van der Waals surface area contributed by atoms with E-state index in [0.717, 1.165) is 28.8 Å². The Morgan fingerprint density at radius 1 is 0.952 bits per heavy atom. The second-order valence-electron chi connectivity index (χ2n) is 5.30. The second kappa shape index (κ2) is 7.39. The molecular formula is C20H21N. The lowest BCUT2D eigenvalue weighted by Crippen LogP contribution is -1.90. The van der Waals surface area contributed by atoms with Gasteiger partial charge in [0.05, 0.1) is 5.70 Å². The monoisotopic (exact) mass is 275 g/mol. The molecule has 21 heavy (non-hydrogen) atoms. The third kappa shape index (κ3) is 4.57. The molecule has 0 amide bonds. The summed E-state index contributed by atoms with van der Waals surface area (Å²) in [5.41, 5.74) is 5.66. The zero-order valence-electron chi connectivity index (χ0n) is 12.7. The van der Waals surface area contributed by atoms with Gasteiger partial charge in [0.15, 0.2) is 0 Å². The summed E-state index contributed by atoms with van der Waals surface area (Å²) in [6.07, 6.45) is 2.79. The van der Waals surface area contributed by atoms with Crippen LogP contribution in [0.3, 0.4) is 0 Å². The van der Waals surface area contributed by atoms with Crippen LogP contribution in [0, 0.1) is 0 Å². The minimum absolute atomic E-state index is 0.871. The Hall–Kier alpha value is -2.41. The molecule has 0 heterocycles. The summed E-state index contributed by atoms with van der Waals surface area (Å²) in [5.74, 6) is 0. The summed E-state index contributed by atoms with van der Waals surface area (Å²) < 4.78 is 0. The predicted octanol–water partition coefficient (Wildman–Crippen LogP) is 5.50. The van der Waals surface area contributed by atoms with E-state index in [1.165, 1.54) is 5.57 Å². The van der Waals surface area contributed by atoms with Gasteiger partial charge in [-0.2, -0.15) is 0 Å². The molecule has 0 saturated heterocycles. The van der Waals surface area contributed by atoms with E-state index < -0.39 is 0 Å². The largest absolute Gasteiger partial charge is 0.256 e. The minimum Gasteiger partial charge on any atom is -0.256 e. The summed E-state index contributed by atoms with van der Waals surface area (Å²) >= 11 is 0. The Labute approximate surface area is 127 Å². The third-order valence-corrected chi connectivity index (χ3v) is 3.16. The zero-order valence-corrected chi connectivity index (χ0v) is 12.7. The number of hydrogen-bond donors (Lipinski definition) is 0. The van der Waals surface area contributed by atoms with Crippen LogP contribution < -0.4 is 0 Å². The van der Waals surface area contributed by atoms with Crippen molar-refractivity contribution in [2.24, 2.45) is 4.99 Å². The molecule has 0 radical (unpaired) electrons. The fourth-order valence-electron chi connectivity index (χ4n) is 2.24. The second-order valence-corrected chi connectivity index (χ2v) is 5.30. The van der Waals surface area contributed by atoms with Crippen LogP contribution in [0.15, 0.2) is 83.4 Å². The lowest BCUT2D eigenvalue weighted by molar-refractivity contribution is 1.11. The highest BCUT2D eigenvalue weighted by atomic mass is 14.7. The molecule has 0 unspecified atom stereocenters. The fraction of sp³-hybridized carbons (Fsp3) is 0.150. The Kier molecular flexibility index (Phi) is 5.28. The lowest BCUT2D eigenvalue weighted by atomic mass is 10.0. The van der Waals surface area contributed by atoms with Gasteiger partial charge < -0.3 is 0 Å². The van der Waals surface area contributed by atoms with Gasteiger partial charge in [0.1, 0.15) is 0 Å². The van der Waals surface area contributed by atoms with Crippen LogP contribution in [-0.4, -0.2) is 6.21 Å². The average Bonchev–Trinajstić information content (AvgIpc) is 2.49. The Bertz CT molecular complexity index is 649. The smallest absolute Gasteiger partial charge is 0.0694 e. The summed E-state index contributed by atoms with van der Waals surface area (Å²) in [4.78, 5) is 4.73. The minimum atomic E-state index is 0.871. The predicted molar refractivity (Wildman–Crippen MR) is 92.5 cm³/mol. The first kappa shape index (κ1) is 15.0. The Morgan fingerprint density at radius 3 is 2.10 bits per heavy atom. The molecule has 0 atom stereocenters. The van der Waals surface area contributed by atoms with Crippen molar-refractivity contribution in [1.29, 1.82) is 0 Å². The molecule has 0 N–H and O–H groups in total. The molecule has 0 bridgehead atoms. The molecule has 0 aliphatic carbocycles. The SMILES string of the molecule is C=C(C)C/C(C)=C(/N=Cc1ccccc1)c1ccccc1. The maximum absolute atomic E-state index is 4.73. The fourth-order valence-corrected chi connectivity index (χ4v) is 2.24. The van der Waals surface area contributed by atoms with Crippen molar-refractivity contribution >= 4 is 11.9 Å². The maximum Gasteiger partial charge on any atom is 0.0694 e. The van der Waals surface area contributed by atoms with E-state index in [2.05, 4.69) is 37.8 Å². The molecule has 2 aromatic rings. The van der Waals surface area contributed by atoms with Crippen molar-refractivity contribution in [2.45, 2.75) is 20.3 Å². The molecule has 0 fully saturated rings. The van der Waals surface area contributed by atoms with Gasteiger partial charge in [-0.05, 0) is 31.4 Å². The third-order valence-electron chi connectivity index (χ3n) is 3.16. The number of nitrogens with zero attached hydrogens (tertiary/aromatic N) is 1.